The molecule has 0 saturated carbocycles. The molecule has 3 nitrogen and oxygen atoms in total. The quantitative estimate of drug-likeness (QED) is 0.704. The van der Waals surface area contributed by atoms with Crippen molar-refractivity contribution in [3.63, 3.8) is 0 Å². The average molecular weight is 277 g/mol. The van der Waals surface area contributed by atoms with Crippen molar-refractivity contribution in [1.82, 2.24) is 0 Å². The molecule has 1 aliphatic rings. The monoisotopic (exact) mass is 277 g/mol. The van der Waals surface area contributed by atoms with E-state index in [1.54, 1.807) is 6.07 Å². The van der Waals surface area contributed by atoms with Gasteiger partial charge in [0.25, 0.3) is 0 Å². The lowest BCUT2D eigenvalue weighted by Gasteiger charge is -2.03. The number of phenolic OH excluding ortho intramolecular Hbond substituents is 1. The summed E-state index contributed by atoms with van der Waals surface area (Å²) in [4.78, 5) is 0. The third kappa shape index (κ3) is 1.15. The second-order valence-corrected chi connectivity index (χ2v) is 4.00. The highest BCUT2D eigenvalue weighted by Gasteiger charge is 2.24. The fourth-order valence-electron chi connectivity index (χ4n) is 1.33. The van der Waals surface area contributed by atoms with Gasteiger partial charge in [0.05, 0.1) is 11.6 Å². The highest BCUT2D eigenvalue weighted by Crippen LogP contribution is 2.38. The summed E-state index contributed by atoms with van der Waals surface area (Å²) in [6, 6.07) is 3.38. The van der Waals surface area contributed by atoms with Crippen LogP contribution in [0.25, 0.3) is 0 Å². The lowest BCUT2D eigenvalue weighted by Crippen LogP contribution is -2.10. The summed E-state index contributed by atoms with van der Waals surface area (Å²) in [7, 11) is 0. The fourth-order valence-corrected chi connectivity index (χ4v) is 1.91. The van der Waals surface area contributed by atoms with Gasteiger partial charge in [0.2, 0.25) is 0 Å². The fraction of sp³-hybridized carbons (Fsp3) is 0.250. The van der Waals surface area contributed by atoms with Gasteiger partial charge >= 0.3 is 0 Å². The van der Waals surface area contributed by atoms with E-state index in [2.05, 4.69) is 22.6 Å². The van der Waals surface area contributed by atoms with E-state index >= 15 is 0 Å². The van der Waals surface area contributed by atoms with Crippen LogP contribution in [-0.2, 0) is 0 Å². The zero-order valence-corrected chi connectivity index (χ0v) is 8.41. The van der Waals surface area contributed by atoms with Gasteiger partial charge in [-0.1, -0.05) is 0 Å². The maximum Gasteiger partial charge on any atom is 0.129 e. The molecule has 12 heavy (non-hydrogen) atoms. The Bertz CT molecular complexity index is 327. The van der Waals surface area contributed by atoms with Gasteiger partial charge in [-0.05, 0) is 34.7 Å². The molecule has 0 unspecified atom stereocenters. The SMILES string of the molecule is N[C@H]1COc2cc(I)cc(O)c21. The molecule has 0 radical (unpaired) electrons. The molecule has 3 N–H and O–H groups in total. The van der Waals surface area contributed by atoms with Crippen molar-refractivity contribution in [2.45, 2.75) is 6.04 Å². The van der Waals surface area contributed by atoms with E-state index in [4.69, 9.17) is 10.5 Å². The van der Waals surface area contributed by atoms with Crippen molar-refractivity contribution in [3.05, 3.63) is 21.3 Å². The number of hydrogen-bond acceptors (Lipinski definition) is 3. The molecule has 1 atom stereocenters. The number of benzene rings is 1. The molecule has 0 spiro atoms. The number of fused-ring (bicyclic) bond motifs is 1. The van der Waals surface area contributed by atoms with E-state index in [9.17, 15) is 5.11 Å². The zero-order chi connectivity index (χ0) is 8.72. The molecule has 0 fully saturated rings. The summed E-state index contributed by atoms with van der Waals surface area (Å²) in [5.41, 5.74) is 6.44. The van der Waals surface area contributed by atoms with Crippen molar-refractivity contribution in [1.29, 1.82) is 0 Å². The van der Waals surface area contributed by atoms with Gasteiger partial charge < -0.3 is 15.6 Å². The molecule has 0 bridgehead atoms. The first-order valence-electron chi connectivity index (χ1n) is 3.59. The third-order valence-electron chi connectivity index (χ3n) is 1.87. The largest absolute Gasteiger partial charge is 0.507 e. The number of rotatable bonds is 0. The molecular formula is C8H8INO2. The van der Waals surface area contributed by atoms with Gasteiger partial charge in [-0.25, -0.2) is 0 Å². The maximum absolute atomic E-state index is 9.52. The van der Waals surface area contributed by atoms with Crippen LogP contribution in [0.4, 0.5) is 0 Å². The van der Waals surface area contributed by atoms with E-state index in [-0.39, 0.29) is 11.8 Å². The Morgan fingerprint density at radius 2 is 2.33 bits per heavy atom. The van der Waals surface area contributed by atoms with E-state index in [1.165, 1.54) is 0 Å². The molecule has 0 aliphatic carbocycles. The van der Waals surface area contributed by atoms with Crippen molar-refractivity contribution < 1.29 is 9.84 Å². The summed E-state index contributed by atoms with van der Waals surface area (Å²) in [5, 5.41) is 9.52. The minimum atomic E-state index is -0.183. The van der Waals surface area contributed by atoms with Crippen molar-refractivity contribution >= 4 is 22.6 Å². The predicted molar refractivity (Wildman–Crippen MR) is 53.2 cm³/mol. The highest BCUT2D eigenvalue weighted by atomic mass is 127. The number of hydrogen-bond donors (Lipinski definition) is 2. The minimum Gasteiger partial charge on any atom is -0.507 e. The van der Waals surface area contributed by atoms with Gasteiger partial charge in [-0.15, -0.1) is 0 Å². The topological polar surface area (TPSA) is 55.5 Å². The first-order chi connectivity index (χ1) is 5.68. The molecule has 0 saturated heterocycles. The average Bonchev–Trinajstić information content (AvgIpc) is 2.31. The van der Waals surface area contributed by atoms with Crippen LogP contribution in [0.2, 0.25) is 0 Å². The Hall–Kier alpha value is -0.490. The van der Waals surface area contributed by atoms with Crippen LogP contribution < -0.4 is 10.5 Å². The van der Waals surface area contributed by atoms with Gasteiger partial charge in [-0.3, -0.25) is 0 Å². The summed E-state index contributed by atoms with van der Waals surface area (Å²) in [6.07, 6.45) is 0. The zero-order valence-electron chi connectivity index (χ0n) is 6.25. The molecule has 1 aromatic carbocycles. The lowest BCUT2D eigenvalue weighted by atomic mass is 10.1. The second-order valence-electron chi connectivity index (χ2n) is 2.75. The Morgan fingerprint density at radius 3 is 3.08 bits per heavy atom. The lowest BCUT2D eigenvalue weighted by molar-refractivity contribution is 0.333. The number of nitrogens with two attached hydrogens (primary N) is 1. The molecule has 0 aromatic heterocycles. The molecule has 0 amide bonds. The second kappa shape index (κ2) is 2.77. The molecule has 2 rings (SSSR count). The highest BCUT2D eigenvalue weighted by molar-refractivity contribution is 14.1. The molecule has 1 aromatic rings. The van der Waals surface area contributed by atoms with Gasteiger partial charge in [0.1, 0.15) is 18.1 Å². The standard InChI is InChI=1S/C8H8INO2/c9-4-1-6(11)8-5(10)3-12-7(8)2-4/h1-2,5,11H,3,10H2/t5-/m0/s1. The Morgan fingerprint density at radius 1 is 1.58 bits per heavy atom. The summed E-state index contributed by atoms with van der Waals surface area (Å²) in [6.45, 7) is 0.461. The van der Waals surface area contributed by atoms with Crippen LogP contribution in [0.5, 0.6) is 11.5 Å². The Kier molecular flexibility index (Phi) is 1.88. The predicted octanol–water partition coefficient (Wildman–Crippen LogP) is 1.39. The van der Waals surface area contributed by atoms with E-state index in [0.29, 0.717) is 12.4 Å². The van der Waals surface area contributed by atoms with Crippen LogP contribution in [0.15, 0.2) is 12.1 Å². The molecule has 64 valence electrons. The number of phenols is 1. The van der Waals surface area contributed by atoms with Gasteiger partial charge in [0, 0.05) is 3.57 Å². The van der Waals surface area contributed by atoms with Gasteiger partial charge in [0.15, 0.2) is 0 Å². The Balaban J connectivity index is 2.60. The van der Waals surface area contributed by atoms with Gasteiger partial charge in [-0.2, -0.15) is 0 Å². The normalized spacial score (nSPS) is 20.3. The number of ether oxygens (including phenoxy) is 1. The van der Waals surface area contributed by atoms with Crippen LogP contribution in [0, 0.1) is 3.57 Å². The summed E-state index contributed by atoms with van der Waals surface area (Å²) >= 11 is 2.13. The Labute approximate surface area is 83.7 Å². The molecule has 4 heteroatoms. The number of halogens is 1. The third-order valence-corrected chi connectivity index (χ3v) is 2.50. The van der Waals surface area contributed by atoms with Crippen LogP contribution >= 0.6 is 22.6 Å². The summed E-state index contributed by atoms with van der Waals surface area (Å²) < 4.78 is 6.24. The smallest absolute Gasteiger partial charge is 0.129 e. The minimum absolute atomic E-state index is 0.183. The van der Waals surface area contributed by atoms with Crippen LogP contribution in [0.3, 0.4) is 0 Å². The molecule has 1 heterocycles. The van der Waals surface area contributed by atoms with Crippen molar-refractivity contribution in [3.8, 4) is 11.5 Å². The van der Waals surface area contributed by atoms with E-state index in [0.717, 1.165) is 9.13 Å². The van der Waals surface area contributed by atoms with Crippen molar-refractivity contribution in [2.24, 2.45) is 5.73 Å². The van der Waals surface area contributed by atoms with E-state index < -0.39 is 0 Å². The van der Waals surface area contributed by atoms with Crippen LogP contribution in [-0.4, -0.2) is 11.7 Å². The maximum atomic E-state index is 9.52. The first-order valence-corrected chi connectivity index (χ1v) is 4.67. The molecular weight excluding hydrogens is 269 g/mol. The molecule has 1 aliphatic heterocycles. The summed E-state index contributed by atoms with van der Waals surface area (Å²) in [5.74, 6) is 0.953. The van der Waals surface area contributed by atoms with Crippen molar-refractivity contribution in [2.75, 3.05) is 6.61 Å². The number of aromatic hydroxyl groups is 1. The van der Waals surface area contributed by atoms with E-state index in [1.807, 2.05) is 6.07 Å². The van der Waals surface area contributed by atoms with Crippen LogP contribution in [0.1, 0.15) is 11.6 Å². The first kappa shape index (κ1) is 8.12.